The molecule has 0 heterocycles. The molecule has 0 unspecified atom stereocenters. The molecule has 34 heavy (non-hydrogen) atoms. The smallest absolute Gasteiger partial charge is 0.407 e. The van der Waals surface area contributed by atoms with Crippen LogP contribution in [-0.2, 0) is 14.3 Å². The number of carbonyl (C=O) groups is 3. The first kappa shape index (κ1) is 23.8. The summed E-state index contributed by atoms with van der Waals surface area (Å²) in [6.45, 7) is 2.07. The highest BCUT2D eigenvalue weighted by molar-refractivity contribution is 5.84. The van der Waals surface area contributed by atoms with Crippen molar-refractivity contribution in [2.45, 2.75) is 57.4 Å². The number of alkyl carbamates (subject to hydrolysis) is 1. The number of hydrogen-bond donors (Lipinski definition) is 3. The number of amides is 2. The fraction of sp³-hybridized carbons (Fsp3) is 0.444. The SMILES string of the molecule is C[C@H](CC(=O)O)NC(=O)C1(CNC(=O)OCC2c3ccccc3-c3ccccc32)CCCCC1. The molecule has 1 fully saturated rings. The van der Waals surface area contributed by atoms with Gasteiger partial charge < -0.3 is 20.5 Å². The monoisotopic (exact) mass is 464 g/mol. The fourth-order valence-corrected chi connectivity index (χ4v) is 5.29. The third kappa shape index (κ3) is 5.08. The molecule has 2 aromatic rings. The second kappa shape index (κ2) is 10.3. The van der Waals surface area contributed by atoms with Gasteiger partial charge in [-0.15, -0.1) is 0 Å². The first-order chi connectivity index (χ1) is 16.4. The van der Waals surface area contributed by atoms with Gasteiger partial charge in [-0.3, -0.25) is 9.59 Å². The Balaban J connectivity index is 1.38. The standard InChI is InChI=1S/C27H32N2O5/c1-18(15-24(30)31)29-25(32)27(13-7-2-8-14-27)17-28-26(33)34-16-23-21-11-5-3-9-19(21)20-10-4-6-12-22(20)23/h3-6,9-12,18,23H,2,7-8,13-17H2,1H3,(H,28,33)(H,29,32)(H,30,31)/t18-/m1/s1. The van der Waals surface area contributed by atoms with E-state index in [9.17, 15) is 14.4 Å². The van der Waals surface area contributed by atoms with Gasteiger partial charge in [0.05, 0.1) is 11.8 Å². The Morgan fingerprint density at radius 1 is 1.00 bits per heavy atom. The van der Waals surface area contributed by atoms with Crippen LogP contribution in [0, 0.1) is 5.41 Å². The molecule has 0 saturated heterocycles. The van der Waals surface area contributed by atoms with Crippen molar-refractivity contribution in [2.75, 3.05) is 13.2 Å². The van der Waals surface area contributed by atoms with Gasteiger partial charge in [0.25, 0.3) is 0 Å². The van der Waals surface area contributed by atoms with Crippen molar-refractivity contribution in [3.05, 3.63) is 59.7 Å². The highest BCUT2D eigenvalue weighted by Crippen LogP contribution is 2.44. The summed E-state index contributed by atoms with van der Waals surface area (Å²) >= 11 is 0. The third-order valence-corrected chi connectivity index (χ3v) is 7.07. The Hall–Kier alpha value is -3.35. The predicted molar refractivity (Wildman–Crippen MR) is 128 cm³/mol. The van der Waals surface area contributed by atoms with E-state index in [2.05, 4.69) is 34.9 Å². The van der Waals surface area contributed by atoms with E-state index in [-0.39, 0.29) is 31.4 Å². The normalized spacial score (nSPS) is 17.2. The van der Waals surface area contributed by atoms with Crippen LogP contribution < -0.4 is 10.6 Å². The second-order valence-electron chi connectivity index (χ2n) is 9.49. The number of ether oxygens (including phenoxy) is 1. The molecule has 2 aliphatic carbocycles. The lowest BCUT2D eigenvalue weighted by molar-refractivity contribution is -0.138. The average Bonchev–Trinajstić information content (AvgIpc) is 3.15. The number of carbonyl (C=O) groups excluding carboxylic acids is 2. The molecule has 1 atom stereocenters. The van der Waals surface area contributed by atoms with Crippen LogP contribution in [0.5, 0.6) is 0 Å². The van der Waals surface area contributed by atoms with Gasteiger partial charge in [-0.1, -0.05) is 67.8 Å². The molecule has 2 aromatic carbocycles. The van der Waals surface area contributed by atoms with E-state index in [4.69, 9.17) is 9.84 Å². The number of aliphatic carboxylic acids is 1. The molecule has 180 valence electrons. The quantitative estimate of drug-likeness (QED) is 0.535. The molecule has 0 spiro atoms. The summed E-state index contributed by atoms with van der Waals surface area (Å²) in [4.78, 5) is 36.7. The van der Waals surface area contributed by atoms with E-state index < -0.39 is 23.5 Å². The summed E-state index contributed by atoms with van der Waals surface area (Å²) in [6.07, 6.45) is 3.47. The van der Waals surface area contributed by atoms with E-state index in [0.717, 1.165) is 30.4 Å². The van der Waals surface area contributed by atoms with Gasteiger partial charge in [0.1, 0.15) is 6.61 Å². The summed E-state index contributed by atoms with van der Waals surface area (Å²) in [5, 5.41) is 14.6. The van der Waals surface area contributed by atoms with Gasteiger partial charge in [-0.05, 0) is 42.0 Å². The lowest BCUT2D eigenvalue weighted by atomic mass is 9.73. The molecule has 3 N–H and O–H groups in total. The number of fused-ring (bicyclic) bond motifs is 3. The minimum absolute atomic E-state index is 0.0260. The van der Waals surface area contributed by atoms with Gasteiger partial charge in [0.15, 0.2) is 0 Å². The van der Waals surface area contributed by atoms with Gasteiger partial charge >= 0.3 is 12.1 Å². The lowest BCUT2D eigenvalue weighted by Crippen LogP contribution is -2.51. The lowest BCUT2D eigenvalue weighted by Gasteiger charge is -2.36. The van der Waals surface area contributed by atoms with Crippen LogP contribution in [0.3, 0.4) is 0 Å². The summed E-state index contributed by atoms with van der Waals surface area (Å²) in [5.74, 6) is -1.18. The molecule has 2 aliphatic rings. The molecule has 1 saturated carbocycles. The Kier molecular flexibility index (Phi) is 7.20. The van der Waals surface area contributed by atoms with Crippen molar-refractivity contribution in [2.24, 2.45) is 5.41 Å². The topological polar surface area (TPSA) is 105 Å². The van der Waals surface area contributed by atoms with Crippen LogP contribution >= 0.6 is 0 Å². The highest BCUT2D eigenvalue weighted by atomic mass is 16.5. The zero-order chi connectivity index (χ0) is 24.1. The van der Waals surface area contributed by atoms with E-state index in [1.807, 2.05) is 24.3 Å². The molecule has 2 amide bonds. The van der Waals surface area contributed by atoms with Crippen LogP contribution in [0.4, 0.5) is 4.79 Å². The van der Waals surface area contributed by atoms with Crippen molar-refractivity contribution in [1.82, 2.24) is 10.6 Å². The van der Waals surface area contributed by atoms with Crippen LogP contribution in [0.25, 0.3) is 11.1 Å². The van der Waals surface area contributed by atoms with Crippen molar-refractivity contribution < 1.29 is 24.2 Å². The summed E-state index contributed by atoms with van der Waals surface area (Å²) in [5.41, 5.74) is 3.89. The van der Waals surface area contributed by atoms with E-state index in [1.165, 1.54) is 11.1 Å². The minimum atomic E-state index is -0.956. The molecule has 0 aromatic heterocycles. The first-order valence-corrected chi connectivity index (χ1v) is 12.0. The maximum Gasteiger partial charge on any atom is 0.407 e. The van der Waals surface area contributed by atoms with Crippen LogP contribution in [0.2, 0.25) is 0 Å². The summed E-state index contributed by atoms with van der Waals surface area (Å²) < 4.78 is 5.63. The van der Waals surface area contributed by atoms with E-state index >= 15 is 0 Å². The number of carboxylic acid groups (broad SMARTS) is 1. The molecule has 4 rings (SSSR count). The molecular formula is C27H32N2O5. The van der Waals surface area contributed by atoms with Crippen LogP contribution in [-0.4, -0.2) is 42.3 Å². The first-order valence-electron chi connectivity index (χ1n) is 12.0. The number of carboxylic acids is 1. The summed E-state index contributed by atoms with van der Waals surface area (Å²) in [7, 11) is 0. The van der Waals surface area contributed by atoms with Gasteiger partial charge in [0.2, 0.25) is 5.91 Å². The Bertz CT molecular complexity index is 1010. The maximum absolute atomic E-state index is 13.1. The molecule has 0 radical (unpaired) electrons. The number of benzene rings is 2. The molecule has 7 heteroatoms. The Morgan fingerprint density at radius 3 is 2.18 bits per heavy atom. The van der Waals surface area contributed by atoms with Gasteiger partial charge in [0, 0.05) is 18.5 Å². The second-order valence-corrected chi connectivity index (χ2v) is 9.49. The molecule has 0 aliphatic heterocycles. The fourth-order valence-electron chi connectivity index (χ4n) is 5.29. The number of rotatable bonds is 8. The largest absolute Gasteiger partial charge is 0.481 e. The zero-order valence-corrected chi connectivity index (χ0v) is 19.5. The highest BCUT2D eigenvalue weighted by Gasteiger charge is 2.40. The Labute approximate surface area is 199 Å². The molecular weight excluding hydrogens is 432 g/mol. The number of hydrogen-bond acceptors (Lipinski definition) is 4. The average molecular weight is 465 g/mol. The van der Waals surface area contributed by atoms with E-state index in [0.29, 0.717) is 12.8 Å². The zero-order valence-electron chi connectivity index (χ0n) is 19.5. The van der Waals surface area contributed by atoms with E-state index in [1.54, 1.807) is 6.92 Å². The van der Waals surface area contributed by atoms with Crippen molar-refractivity contribution in [1.29, 1.82) is 0 Å². The minimum Gasteiger partial charge on any atom is -0.481 e. The van der Waals surface area contributed by atoms with Crippen molar-refractivity contribution >= 4 is 18.0 Å². The van der Waals surface area contributed by atoms with Crippen LogP contribution in [0.1, 0.15) is 62.5 Å². The number of nitrogens with one attached hydrogen (secondary N) is 2. The van der Waals surface area contributed by atoms with Crippen molar-refractivity contribution in [3.8, 4) is 11.1 Å². The molecule has 0 bridgehead atoms. The Morgan fingerprint density at radius 2 is 1.59 bits per heavy atom. The molecule has 7 nitrogen and oxygen atoms in total. The van der Waals surface area contributed by atoms with Crippen molar-refractivity contribution in [3.63, 3.8) is 0 Å². The predicted octanol–water partition coefficient (Wildman–Crippen LogP) is 4.46. The van der Waals surface area contributed by atoms with Gasteiger partial charge in [-0.2, -0.15) is 0 Å². The summed E-state index contributed by atoms with van der Waals surface area (Å²) in [6, 6.07) is 15.9. The van der Waals surface area contributed by atoms with Gasteiger partial charge in [-0.25, -0.2) is 4.79 Å². The van der Waals surface area contributed by atoms with Crippen LogP contribution in [0.15, 0.2) is 48.5 Å². The third-order valence-electron chi connectivity index (χ3n) is 7.07. The maximum atomic E-state index is 13.1.